The Kier molecular flexibility index (Phi) is 3.56. The number of ether oxygens (including phenoxy) is 1. The average molecular weight is 198 g/mol. The largest absolute Gasteiger partial charge is 0.478 e. The van der Waals surface area contributed by atoms with Gasteiger partial charge in [-0.15, -0.1) is 0 Å². The van der Waals surface area contributed by atoms with Gasteiger partial charge in [0.2, 0.25) is 0 Å². The molecule has 0 saturated heterocycles. The summed E-state index contributed by atoms with van der Waals surface area (Å²) in [5.74, 6) is 0.455. The summed E-state index contributed by atoms with van der Waals surface area (Å²) in [6.07, 6.45) is 0. The highest BCUT2D eigenvalue weighted by Crippen LogP contribution is 2.25. The van der Waals surface area contributed by atoms with E-state index in [0.29, 0.717) is 16.3 Å². The first-order valence-corrected chi connectivity index (χ1v) is 4.05. The number of rotatable bonds is 3. The van der Waals surface area contributed by atoms with Crippen LogP contribution in [-0.4, -0.2) is 11.7 Å². The van der Waals surface area contributed by atoms with Gasteiger partial charge >= 0.3 is 0 Å². The zero-order valence-electron chi connectivity index (χ0n) is 6.83. The van der Waals surface area contributed by atoms with Gasteiger partial charge in [-0.25, -0.2) is 0 Å². The number of nitriles is 1. The van der Waals surface area contributed by atoms with Gasteiger partial charge in [-0.05, 0) is 12.1 Å². The minimum absolute atomic E-state index is 0.0483. The van der Waals surface area contributed by atoms with Gasteiger partial charge in [0.05, 0.1) is 6.61 Å². The fourth-order valence-corrected chi connectivity index (χ4v) is 1.16. The number of aliphatic hydroxyl groups excluding tert-OH is 1. The van der Waals surface area contributed by atoms with Crippen LogP contribution in [0.2, 0.25) is 5.02 Å². The Morgan fingerprint density at radius 1 is 1.54 bits per heavy atom. The van der Waals surface area contributed by atoms with Crippen LogP contribution in [0.3, 0.4) is 0 Å². The summed E-state index contributed by atoms with van der Waals surface area (Å²) < 4.78 is 5.05. The maximum absolute atomic E-state index is 8.95. The minimum Gasteiger partial charge on any atom is -0.478 e. The first-order chi connectivity index (χ1) is 6.29. The Balaban J connectivity index is 2.93. The third kappa shape index (κ3) is 2.35. The molecule has 0 aromatic heterocycles. The van der Waals surface area contributed by atoms with E-state index in [1.807, 2.05) is 6.07 Å². The molecule has 0 aliphatic rings. The topological polar surface area (TPSA) is 53.2 Å². The predicted octanol–water partition coefficient (Wildman–Crippen LogP) is 1.73. The summed E-state index contributed by atoms with van der Waals surface area (Å²) in [7, 11) is 0. The minimum atomic E-state index is -0.194. The Morgan fingerprint density at radius 2 is 2.31 bits per heavy atom. The molecule has 1 rings (SSSR count). The molecule has 0 atom stereocenters. The Hall–Kier alpha value is -1.24. The summed E-state index contributed by atoms with van der Waals surface area (Å²) in [5, 5.41) is 17.7. The van der Waals surface area contributed by atoms with Gasteiger partial charge in [0.15, 0.2) is 6.61 Å². The van der Waals surface area contributed by atoms with Gasteiger partial charge in [-0.2, -0.15) is 5.26 Å². The molecular formula is C9H8ClNO2. The van der Waals surface area contributed by atoms with Crippen molar-refractivity contribution >= 4 is 11.6 Å². The van der Waals surface area contributed by atoms with Crippen molar-refractivity contribution in [2.45, 2.75) is 6.61 Å². The van der Waals surface area contributed by atoms with E-state index >= 15 is 0 Å². The van der Waals surface area contributed by atoms with Crippen molar-refractivity contribution in [2.24, 2.45) is 0 Å². The summed E-state index contributed by atoms with van der Waals surface area (Å²) in [6.45, 7) is -0.242. The first kappa shape index (κ1) is 9.85. The van der Waals surface area contributed by atoms with Crippen molar-refractivity contribution < 1.29 is 9.84 Å². The van der Waals surface area contributed by atoms with Gasteiger partial charge in [0.1, 0.15) is 11.8 Å². The summed E-state index contributed by atoms with van der Waals surface area (Å²) in [4.78, 5) is 0. The molecule has 1 aromatic carbocycles. The van der Waals surface area contributed by atoms with Crippen molar-refractivity contribution in [1.29, 1.82) is 5.26 Å². The number of hydrogen-bond donors (Lipinski definition) is 1. The lowest BCUT2D eigenvalue weighted by Gasteiger charge is -2.07. The molecule has 1 aromatic rings. The standard InChI is InChI=1S/C9H8ClNO2/c10-8-2-1-3-9(7(8)6-12)13-5-4-11/h1-3,12H,5-6H2. The third-order valence-corrected chi connectivity index (χ3v) is 1.88. The van der Waals surface area contributed by atoms with Crippen LogP contribution >= 0.6 is 11.6 Å². The summed E-state index contributed by atoms with van der Waals surface area (Å²) in [6, 6.07) is 6.86. The fourth-order valence-electron chi connectivity index (χ4n) is 0.938. The second-order valence-corrected chi connectivity index (χ2v) is 2.73. The highest BCUT2D eigenvalue weighted by Gasteiger charge is 2.05. The monoisotopic (exact) mass is 197 g/mol. The zero-order valence-corrected chi connectivity index (χ0v) is 7.58. The molecule has 0 heterocycles. The fraction of sp³-hybridized carbons (Fsp3) is 0.222. The first-order valence-electron chi connectivity index (χ1n) is 3.67. The molecule has 0 aliphatic heterocycles. The quantitative estimate of drug-likeness (QED) is 0.803. The smallest absolute Gasteiger partial charge is 0.174 e. The predicted molar refractivity (Wildman–Crippen MR) is 48.5 cm³/mol. The number of nitrogens with zero attached hydrogens (tertiary/aromatic N) is 1. The van der Waals surface area contributed by atoms with E-state index in [4.69, 9.17) is 26.7 Å². The number of aliphatic hydroxyl groups is 1. The van der Waals surface area contributed by atoms with Gasteiger partial charge in [-0.1, -0.05) is 17.7 Å². The molecule has 4 heteroatoms. The maximum Gasteiger partial charge on any atom is 0.174 e. The van der Waals surface area contributed by atoms with Crippen LogP contribution in [0.25, 0.3) is 0 Å². The normalized spacial score (nSPS) is 9.31. The molecule has 0 aliphatic carbocycles. The highest BCUT2D eigenvalue weighted by atomic mass is 35.5. The van der Waals surface area contributed by atoms with Gasteiger partial charge in [0, 0.05) is 10.6 Å². The number of hydrogen-bond acceptors (Lipinski definition) is 3. The summed E-state index contributed by atoms with van der Waals surface area (Å²) in [5.41, 5.74) is 0.513. The van der Waals surface area contributed by atoms with Gasteiger partial charge in [0.25, 0.3) is 0 Å². The Morgan fingerprint density at radius 3 is 2.92 bits per heavy atom. The van der Waals surface area contributed by atoms with E-state index in [2.05, 4.69) is 0 Å². The van der Waals surface area contributed by atoms with Crippen LogP contribution in [0.4, 0.5) is 0 Å². The SMILES string of the molecule is N#CCOc1cccc(Cl)c1CO. The molecular weight excluding hydrogens is 190 g/mol. The van der Waals surface area contributed by atoms with E-state index in [0.717, 1.165) is 0 Å². The van der Waals surface area contributed by atoms with Gasteiger partial charge in [-0.3, -0.25) is 0 Å². The van der Waals surface area contributed by atoms with E-state index in [-0.39, 0.29) is 13.2 Å². The van der Waals surface area contributed by atoms with Crippen molar-refractivity contribution in [1.82, 2.24) is 0 Å². The molecule has 0 spiro atoms. The number of benzene rings is 1. The van der Waals surface area contributed by atoms with Crippen molar-refractivity contribution in [2.75, 3.05) is 6.61 Å². The van der Waals surface area contributed by atoms with Crippen molar-refractivity contribution in [3.8, 4) is 11.8 Å². The van der Waals surface area contributed by atoms with Crippen LogP contribution in [0.5, 0.6) is 5.75 Å². The van der Waals surface area contributed by atoms with Crippen LogP contribution in [0.15, 0.2) is 18.2 Å². The molecule has 0 bridgehead atoms. The molecule has 3 nitrogen and oxygen atoms in total. The summed E-state index contributed by atoms with van der Waals surface area (Å²) >= 11 is 5.79. The lowest BCUT2D eigenvalue weighted by atomic mass is 10.2. The number of halogens is 1. The van der Waals surface area contributed by atoms with E-state index in [9.17, 15) is 0 Å². The Bertz CT molecular complexity index is 333. The van der Waals surface area contributed by atoms with E-state index in [1.54, 1.807) is 18.2 Å². The van der Waals surface area contributed by atoms with Crippen molar-refractivity contribution in [3.05, 3.63) is 28.8 Å². The molecule has 13 heavy (non-hydrogen) atoms. The molecule has 0 amide bonds. The second-order valence-electron chi connectivity index (χ2n) is 2.32. The van der Waals surface area contributed by atoms with Crippen LogP contribution in [0.1, 0.15) is 5.56 Å². The lowest BCUT2D eigenvalue weighted by Crippen LogP contribution is -1.98. The third-order valence-electron chi connectivity index (χ3n) is 1.53. The molecule has 0 fully saturated rings. The van der Waals surface area contributed by atoms with Crippen LogP contribution in [0, 0.1) is 11.3 Å². The van der Waals surface area contributed by atoms with Crippen LogP contribution in [-0.2, 0) is 6.61 Å². The Labute approximate surface area is 81.1 Å². The second kappa shape index (κ2) is 4.70. The van der Waals surface area contributed by atoms with Crippen molar-refractivity contribution in [3.63, 3.8) is 0 Å². The maximum atomic E-state index is 8.95. The average Bonchev–Trinajstić information content (AvgIpc) is 2.15. The molecule has 0 saturated carbocycles. The molecule has 0 unspecified atom stereocenters. The lowest BCUT2D eigenvalue weighted by molar-refractivity contribution is 0.270. The van der Waals surface area contributed by atoms with E-state index in [1.165, 1.54) is 0 Å². The van der Waals surface area contributed by atoms with Crippen LogP contribution < -0.4 is 4.74 Å². The molecule has 68 valence electrons. The zero-order chi connectivity index (χ0) is 9.68. The molecule has 0 radical (unpaired) electrons. The van der Waals surface area contributed by atoms with E-state index < -0.39 is 0 Å². The molecule has 1 N–H and O–H groups in total. The highest BCUT2D eigenvalue weighted by molar-refractivity contribution is 6.31. The van der Waals surface area contributed by atoms with Gasteiger partial charge < -0.3 is 9.84 Å².